The van der Waals surface area contributed by atoms with Gasteiger partial charge in [-0.05, 0) is 50.3 Å². The molecule has 1 aliphatic carbocycles. The Labute approximate surface area is 231 Å². The van der Waals surface area contributed by atoms with Crippen LogP contribution in [-0.2, 0) is 17.1 Å². The Balaban J connectivity index is 1.27. The second-order valence-electron chi connectivity index (χ2n) is 9.95. The lowest BCUT2D eigenvalue weighted by Crippen LogP contribution is -2.29. The van der Waals surface area contributed by atoms with E-state index in [0.717, 1.165) is 16.9 Å². The summed E-state index contributed by atoms with van der Waals surface area (Å²) in [5.41, 5.74) is -2.95. The average Bonchev–Trinajstić information content (AvgIpc) is 3.42. The molecule has 2 aromatic carbocycles. The van der Waals surface area contributed by atoms with E-state index in [1.54, 1.807) is 30.3 Å². The zero-order chi connectivity index (χ0) is 29.8. The number of alkyl halides is 6. The largest absolute Gasteiger partial charge is 0.435 e. The summed E-state index contributed by atoms with van der Waals surface area (Å²) in [6.45, 7) is -0.0412. The van der Waals surface area contributed by atoms with Crippen LogP contribution in [0.3, 0.4) is 0 Å². The molecule has 1 aromatic heterocycles. The zero-order valence-electron chi connectivity index (χ0n) is 21.8. The highest BCUT2D eigenvalue weighted by molar-refractivity contribution is 5.99. The molecule has 41 heavy (non-hydrogen) atoms. The first-order valence-corrected chi connectivity index (χ1v) is 13.1. The lowest BCUT2D eigenvalue weighted by atomic mass is 9.76. The molecule has 1 saturated carbocycles. The number of Topliss-reactive ketones (excluding diaryl/α,β-unsaturated/α-hetero) is 2. The molecule has 1 amide bonds. The number of carbonyl (C=O) groups excluding carboxylic acids is 3. The molecular formula is C29H27F6N3O3. The van der Waals surface area contributed by atoms with Crippen LogP contribution in [0.1, 0.15) is 70.5 Å². The van der Waals surface area contributed by atoms with Gasteiger partial charge in [-0.3, -0.25) is 14.4 Å². The van der Waals surface area contributed by atoms with Crippen molar-refractivity contribution < 1.29 is 40.7 Å². The van der Waals surface area contributed by atoms with Crippen LogP contribution in [0.25, 0.3) is 5.69 Å². The van der Waals surface area contributed by atoms with Gasteiger partial charge in [0.25, 0.3) is 5.91 Å². The molecular weight excluding hydrogens is 552 g/mol. The number of halogens is 6. The second-order valence-corrected chi connectivity index (χ2v) is 9.95. The normalized spacial score (nSPS) is 17.7. The molecule has 6 nitrogen and oxygen atoms in total. The molecule has 0 aliphatic heterocycles. The minimum atomic E-state index is -4.85. The van der Waals surface area contributed by atoms with Crippen LogP contribution in [0.4, 0.5) is 26.3 Å². The Bertz CT molecular complexity index is 1390. The third-order valence-corrected chi connectivity index (χ3v) is 7.18. The highest BCUT2D eigenvalue weighted by Gasteiger charge is 2.40. The van der Waals surface area contributed by atoms with Gasteiger partial charge in [0.05, 0.1) is 16.8 Å². The Morgan fingerprint density at radius 1 is 0.805 bits per heavy atom. The topological polar surface area (TPSA) is 81.1 Å². The summed E-state index contributed by atoms with van der Waals surface area (Å²) < 4.78 is 81.4. The van der Waals surface area contributed by atoms with E-state index >= 15 is 0 Å². The van der Waals surface area contributed by atoms with E-state index in [4.69, 9.17) is 0 Å². The molecule has 4 rings (SSSR count). The Kier molecular flexibility index (Phi) is 8.98. The Morgan fingerprint density at radius 2 is 1.41 bits per heavy atom. The summed E-state index contributed by atoms with van der Waals surface area (Å²) in [5.74, 6) is -2.64. The van der Waals surface area contributed by atoms with Crippen molar-refractivity contribution in [1.29, 1.82) is 0 Å². The average molecular weight is 580 g/mol. The number of hydrogen-bond donors (Lipinski definition) is 1. The fraction of sp³-hybridized carbons (Fsp3) is 0.379. The van der Waals surface area contributed by atoms with E-state index in [1.165, 1.54) is 18.2 Å². The smallest absolute Gasteiger partial charge is 0.352 e. The summed E-state index contributed by atoms with van der Waals surface area (Å²) in [6.07, 6.45) is -6.97. The number of amides is 1. The van der Waals surface area contributed by atoms with Crippen LogP contribution >= 0.6 is 0 Å². The second kappa shape index (κ2) is 12.3. The van der Waals surface area contributed by atoms with Gasteiger partial charge in [0.15, 0.2) is 11.5 Å². The van der Waals surface area contributed by atoms with Gasteiger partial charge >= 0.3 is 12.4 Å². The Morgan fingerprint density at radius 3 is 2.05 bits per heavy atom. The number of nitrogens with zero attached hydrogens (tertiary/aromatic N) is 2. The highest BCUT2D eigenvalue weighted by Crippen LogP contribution is 2.37. The van der Waals surface area contributed by atoms with Crippen molar-refractivity contribution in [3.05, 3.63) is 83.2 Å². The molecule has 1 N–H and O–H groups in total. The first kappa shape index (κ1) is 30.0. The van der Waals surface area contributed by atoms with E-state index in [9.17, 15) is 40.7 Å². The van der Waals surface area contributed by atoms with Gasteiger partial charge < -0.3 is 5.32 Å². The van der Waals surface area contributed by atoms with Crippen molar-refractivity contribution in [3.8, 4) is 5.69 Å². The van der Waals surface area contributed by atoms with Gasteiger partial charge in [0, 0.05) is 36.6 Å². The molecule has 0 atom stereocenters. The summed E-state index contributed by atoms with van der Waals surface area (Å²) in [4.78, 5) is 38.0. The van der Waals surface area contributed by atoms with E-state index in [0.29, 0.717) is 18.5 Å². The molecule has 0 spiro atoms. The van der Waals surface area contributed by atoms with Crippen molar-refractivity contribution >= 4 is 17.5 Å². The maximum atomic E-state index is 13.5. The quantitative estimate of drug-likeness (QED) is 0.174. The molecule has 1 fully saturated rings. The van der Waals surface area contributed by atoms with Gasteiger partial charge in [0.2, 0.25) is 0 Å². The predicted octanol–water partition coefficient (Wildman–Crippen LogP) is 6.68. The van der Waals surface area contributed by atoms with Gasteiger partial charge in [-0.15, -0.1) is 0 Å². The molecule has 218 valence electrons. The zero-order valence-corrected chi connectivity index (χ0v) is 21.8. The first-order valence-electron chi connectivity index (χ1n) is 13.1. The van der Waals surface area contributed by atoms with Crippen LogP contribution in [0.15, 0.2) is 60.8 Å². The van der Waals surface area contributed by atoms with Crippen molar-refractivity contribution in [1.82, 2.24) is 15.1 Å². The monoisotopic (exact) mass is 579 g/mol. The van der Waals surface area contributed by atoms with Crippen molar-refractivity contribution in [3.63, 3.8) is 0 Å². The van der Waals surface area contributed by atoms with E-state index in [1.807, 2.05) is 0 Å². The third-order valence-electron chi connectivity index (χ3n) is 7.18. The summed E-state index contributed by atoms with van der Waals surface area (Å²) in [5, 5.41) is 5.95. The third kappa shape index (κ3) is 7.22. The molecule has 0 unspecified atom stereocenters. The van der Waals surface area contributed by atoms with Crippen LogP contribution in [0.2, 0.25) is 0 Å². The summed E-state index contributed by atoms with van der Waals surface area (Å²) in [7, 11) is 0. The summed E-state index contributed by atoms with van der Waals surface area (Å²) >= 11 is 0. The molecule has 0 bridgehead atoms. The SMILES string of the molecule is O=C(NCCCC(=O)C1CCC(C(=O)c2ccccc2C(F)(F)F)CC1)c1cn(-c2ccccc2)nc1C(F)(F)F. The van der Waals surface area contributed by atoms with Crippen LogP contribution in [0.5, 0.6) is 0 Å². The molecule has 1 heterocycles. The predicted molar refractivity (Wildman–Crippen MR) is 136 cm³/mol. The highest BCUT2D eigenvalue weighted by atomic mass is 19.4. The molecule has 0 saturated heterocycles. The van der Waals surface area contributed by atoms with Gasteiger partial charge in [-0.2, -0.15) is 31.4 Å². The lowest BCUT2D eigenvalue weighted by molar-refractivity contribution is -0.141. The van der Waals surface area contributed by atoms with Gasteiger partial charge in [-0.1, -0.05) is 36.4 Å². The minimum Gasteiger partial charge on any atom is -0.352 e. The number of para-hydroxylation sites is 1. The van der Waals surface area contributed by atoms with Crippen LogP contribution < -0.4 is 5.32 Å². The molecule has 12 heteroatoms. The minimum absolute atomic E-state index is 0.0412. The van der Waals surface area contributed by atoms with E-state index in [2.05, 4.69) is 10.4 Å². The molecule has 3 aromatic rings. The van der Waals surface area contributed by atoms with Gasteiger partial charge in [-0.25, -0.2) is 4.68 Å². The maximum Gasteiger partial charge on any atom is 0.435 e. The number of aromatic nitrogens is 2. The number of carbonyl (C=O) groups is 3. The standard InChI is InChI=1S/C29H27F6N3O3/c30-28(31,32)23-10-5-4-9-21(23)25(40)19-14-12-18(13-15-19)24(39)11-6-16-36-27(41)22-17-38(20-7-2-1-3-8-20)37-26(22)29(33,34)35/h1-5,7-10,17-19H,6,11-16H2,(H,36,41). The number of hydrogen-bond acceptors (Lipinski definition) is 4. The van der Waals surface area contributed by atoms with E-state index < -0.39 is 46.8 Å². The van der Waals surface area contributed by atoms with Crippen LogP contribution in [0, 0.1) is 11.8 Å². The molecule has 1 aliphatic rings. The van der Waals surface area contributed by atoms with E-state index in [-0.39, 0.29) is 49.5 Å². The van der Waals surface area contributed by atoms with Gasteiger partial charge in [0.1, 0.15) is 5.78 Å². The fourth-order valence-corrected chi connectivity index (χ4v) is 5.07. The number of benzene rings is 2. The first-order chi connectivity index (χ1) is 19.4. The Hall–Kier alpha value is -3.96. The number of rotatable bonds is 9. The van der Waals surface area contributed by atoms with Crippen molar-refractivity contribution in [2.45, 2.75) is 50.9 Å². The van der Waals surface area contributed by atoms with Crippen LogP contribution in [-0.4, -0.2) is 33.8 Å². The number of nitrogens with one attached hydrogen (secondary N) is 1. The maximum absolute atomic E-state index is 13.5. The number of ketones is 2. The molecule has 0 radical (unpaired) electrons. The fourth-order valence-electron chi connectivity index (χ4n) is 5.07. The summed E-state index contributed by atoms with van der Waals surface area (Å²) in [6, 6.07) is 12.7. The van der Waals surface area contributed by atoms with Crippen molar-refractivity contribution in [2.75, 3.05) is 6.54 Å². The lowest BCUT2D eigenvalue weighted by Gasteiger charge is -2.27. The van der Waals surface area contributed by atoms with Crippen molar-refractivity contribution in [2.24, 2.45) is 11.8 Å².